The number of carbonyl (C=O) groups is 1. The van der Waals surface area contributed by atoms with Crippen LogP contribution in [0.4, 0.5) is 5.82 Å². The van der Waals surface area contributed by atoms with Crippen LogP contribution in [0.2, 0.25) is 5.02 Å². The summed E-state index contributed by atoms with van der Waals surface area (Å²) in [4.78, 5) is 21.5. The van der Waals surface area contributed by atoms with Gasteiger partial charge in [0.1, 0.15) is 12.4 Å². The third-order valence-electron chi connectivity index (χ3n) is 5.29. The molecule has 1 fully saturated rings. The molecule has 2 aromatic carbocycles. The first-order valence-corrected chi connectivity index (χ1v) is 10.5. The Balaban J connectivity index is 1.40. The average Bonchev–Trinajstić information content (AvgIpc) is 2.83. The molecule has 1 aromatic heterocycles. The predicted octanol–water partition coefficient (Wildman–Crippen LogP) is 4.29. The van der Waals surface area contributed by atoms with Crippen LogP contribution in [0, 0.1) is 0 Å². The van der Waals surface area contributed by atoms with Crippen molar-refractivity contribution in [2.75, 3.05) is 38.2 Å². The first-order chi connectivity index (χ1) is 15.2. The van der Waals surface area contributed by atoms with Crippen molar-refractivity contribution in [2.24, 2.45) is 0 Å². The first-order valence-electron chi connectivity index (χ1n) is 10.1. The van der Waals surface area contributed by atoms with Crippen molar-refractivity contribution in [3.05, 3.63) is 83.0 Å². The number of halogens is 1. The molecule has 1 saturated heterocycles. The van der Waals surface area contributed by atoms with Crippen molar-refractivity contribution in [3.63, 3.8) is 0 Å². The lowest BCUT2D eigenvalue weighted by Crippen LogP contribution is -2.49. The van der Waals surface area contributed by atoms with Crippen LogP contribution in [0.3, 0.4) is 0 Å². The molecule has 7 heteroatoms. The van der Waals surface area contributed by atoms with E-state index in [2.05, 4.69) is 9.88 Å². The number of benzene rings is 2. The summed E-state index contributed by atoms with van der Waals surface area (Å²) in [5.41, 5.74) is 1.46. The van der Waals surface area contributed by atoms with Gasteiger partial charge in [0, 0.05) is 48.5 Å². The van der Waals surface area contributed by atoms with E-state index in [1.165, 1.54) is 0 Å². The van der Waals surface area contributed by atoms with Crippen molar-refractivity contribution >= 4 is 23.3 Å². The zero-order valence-electron chi connectivity index (χ0n) is 17.3. The fourth-order valence-electron chi connectivity index (χ4n) is 3.55. The number of rotatable bonds is 6. The summed E-state index contributed by atoms with van der Waals surface area (Å²) in [6, 6.07) is 18.7. The lowest BCUT2D eigenvalue weighted by atomic mass is 10.1. The smallest absolute Gasteiger partial charge is 0.254 e. The lowest BCUT2D eigenvalue weighted by molar-refractivity contribution is 0.0746. The predicted molar refractivity (Wildman–Crippen MR) is 121 cm³/mol. The maximum atomic E-state index is 13.0. The Morgan fingerprint density at radius 2 is 1.77 bits per heavy atom. The molecule has 2 heterocycles. The van der Waals surface area contributed by atoms with E-state index in [1.54, 1.807) is 31.5 Å². The van der Waals surface area contributed by atoms with Gasteiger partial charge in [0.15, 0.2) is 11.5 Å². The number of aromatic nitrogens is 1. The normalized spacial score (nSPS) is 13.7. The highest BCUT2D eigenvalue weighted by Gasteiger charge is 2.23. The molecule has 3 aromatic rings. The summed E-state index contributed by atoms with van der Waals surface area (Å²) >= 11 is 6.20. The summed E-state index contributed by atoms with van der Waals surface area (Å²) in [5.74, 6) is 2.01. The van der Waals surface area contributed by atoms with E-state index < -0.39 is 0 Å². The molecule has 0 atom stereocenters. The van der Waals surface area contributed by atoms with E-state index in [-0.39, 0.29) is 5.91 Å². The van der Waals surface area contributed by atoms with E-state index in [4.69, 9.17) is 21.1 Å². The standard InChI is InChI=1S/C24H24ClN3O3/c1-30-22-16-18(9-10-21(22)31-17-19-6-2-3-7-20(19)25)24(29)28-14-12-27(13-15-28)23-8-4-5-11-26-23/h2-11,16H,12-15,17H2,1H3. The van der Waals surface area contributed by atoms with Crippen molar-refractivity contribution in [3.8, 4) is 11.5 Å². The van der Waals surface area contributed by atoms with E-state index in [1.807, 2.05) is 47.4 Å². The molecule has 4 rings (SSSR count). The molecule has 6 nitrogen and oxygen atoms in total. The van der Waals surface area contributed by atoms with Crippen LogP contribution < -0.4 is 14.4 Å². The molecule has 0 aliphatic carbocycles. The van der Waals surface area contributed by atoms with Crippen LogP contribution in [0.15, 0.2) is 66.9 Å². The van der Waals surface area contributed by atoms with Crippen LogP contribution in [-0.2, 0) is 6.61 Å². The lowest BCUT2D eigenvalue weighted by Gasteiger charge is -2.35. The van der Waals surface area contributed by atoms with Gasteiger partial charge in [-0.15, -0.1) is 0 Å². The maximum absolute atomic E-state index is 13.0. The second kappa shape index (κ2) is 9.71. The van der Waals surface area contributed by atoms with Gasteiger partial charge >= 0.3 is 0 Å². The van der Waals surface area contributed by atoms with Gasteiger partial charge in [-0.2, -0.15) is 0 Å². The largest absolute Gasteiger partial charge is 0.493 e. The van der Waals surface area contributed by atoms with E-state index in [9.17, 15) is 4.79 Å². The number of nitrogens with zero attached hydrogens (tertiary/aromatic N) is 3. The van der Waals surface area contributed by atoms with Crippen LogP contribution >= 0.6 is 11.6 Å². The number of anilines is 1. The van der Waals surface area contributed by atoms with Gasteiger partial charge in [-0.3, -0.25) is 4.79 Å². The van der Waals surface area contributed by atoms with Crippen LogP contribution in [-0.4, -0.2) is 49.1 Å². The molecule has 1 aliphatic heterocycles. The molecular weight excluding hydrogens is 414 g/mol. The third kappa shape index (κ3) is 4.91. The van der Waals surface area contributed by atoms with Crippen molar-refractivity contribution in [1.29, 1.82) is 0 Å². The van der Waals surface area contributed by atoms with Crippen LogP contribution in [0.5, 0.6) is 11.5 Å². The van der Waals surface area contributed by atoms with Gasteiger partial charge in [0.05, 0.1) is 7.11 Å². The van der Waals surface area contributed by atoms with E-state index in [0.29, 0.717) is 41.8 Å². The number of methoxy groups -OCH3 is 1. The zero-order valence-corrected chi connectivity index (χ0v) is 18.1. The summed E-state index contributed by atoms with van der Waals surface area (Å²) in [6.07, 6.45) is 1.79. The quantitative estimate of drug-likeness (QED) is 0.576. The van der Waals surface area contributed by atoms with Gasteiger partial charge in [-0.1, -0.05) is 35.9 Å². The number of pyridine rings is 1. The molecule has 31 heavy (non-hydrogen) atoms. The van der Waals surface area contributed by atoms with E-state index >= 15 is 0 Å². The highest BCUT2D eigenvalue weighted by molar-refractivity contribution is 6.31. The minimum absolute atomic E-state index is 0.0170. The number of hydrogen-bond acceptors (Lipinski definition) is 5. The van der Waals surface area contributed by atoms with Gasteiger partial charge in [0.2, 0.25) is 0 Å². The minimum atomic E-state index is -0.0170. The van der Waals surface area contributed by atoms with Crippen molar-refractivity contribution in [2.45, 2.75) is 6.61 Å². The minimum Gasteiger partial charge on any atom is -0.493 e. The maximum Gasteiger partial charge on any atom is 0.254 e. The summed E-state index contributed by atoms with van der Waals surface area (Å²) in [7, 11) is 1.57. The molecule has 0 spiro atoms. The Kier molecular flexibility index (Phi) is 6.57. The van der Waals surface area contributed by atoms with Crippen molar-refractivity contribution in [1.82, 2.24) is 9.88 Å². The number of piperazine rings is 1. The monoisotopic (exact) mass is 437 g/mol. The second-order valence-electron chi connectivity index (χ2n) is 7.21. The fourth-order valence-corrected chi connectivity index (χ4v) is 3.74. The molecule has 1 amide bonds. The Morgan fingerprint density at radius 3 is 2.48 bits per heavy atom. The topological polar surface area (TPSA) is 54.9 Å². The Labute approximate surface area is 187 Å². The Morgan fingerprint density at radius 1 is 1.00 bits per heavy atom. The molecule has 0 N–H and O–H groups in total. The summed E-state index contributed by atoms with van der Waals surface area (Å²) < 4.78 is 11.4. The average molecular weight is 438 g/mol. The summed E-state index contributed by atoms with van der Waals surface area (Å²) in [5, 5.41) is 0.651. The Hall–Kier alpha value is -3.25. The fraction of sp³-hybridized carbons (Fsp3) is 0.250. The first kappa shape index (κ1) is 21.0. The highest BCUT2D eigenvalue weighted by atomic mass is 35.5. The van der Waals surface area contributed by atoms with Crippen molar-refractivity contribution < 1.29 is 14.3 Å². The van der Waals surface area contributed by atoms with Gasteiger partial charge < -0.3 is 19.3 Å². The number of hydrogen-bond donors (Lipinski definition) is 0. The molecule has 1 aliphatic rings. The molecular formula is C24H24ClN3O3. The Bertz CT molecular complexity index is 1040. The molecule has 0 saturated carbocycles. The molecule has 0 bridgehead atoms. The van der Waals surface area contributed by atoms with Gasteiger partial charge in [-0.05, 0) is 36.4 Å². The number of amides is 1. The van der Waals surface area contributed by atoms with Gasteiger partial charge in [0.25, 0.3) is 5.91 Å². The second-order valence-corrected chi connectivity index (χ2v) is 7.62. The zero-order chi connectivity index (χ0) is 21.6. The SMILES string of the molecule is COc1cc(C(=O)N2CCN(c3ccccn3)CC2)ccc1OCc1ccccc1Cl. The highest BCUT2D eigenvalue weighted by Crippen LogP contribution is 2.30. The van der Waals surface area contributed by atoms with Crippen LogP contribution in [0.25, 0.3) is 0 Å². The van der Waals surface area contributed by atoms with Gasteiger partial charge in [-0.25, -0.2) is 4.98 Å². The number of ether oxygens (including phenoxy) is 2. The third-order valence-corrected chi connectivity index (χ3v) is 5.66. The molecule has 160 valence electrons. The molecule has 0 radical (unpaired) electrons. The van der Waals surface area contributed by atoms with E-state index in [0.717, 1.165) is 24.5 Å². The summed E-state index contributed by atoms with van der Waals surface area (Å²) in [6.45, 7) is 3.10. The number of carbonyl (C=O) groups excluding carboxylic acids is 1. The van der Waals surface area contributed by atoms with Crippen LogP contribution in [0.1, 0.15) is 15.9 Å². The molecule has 0 unspecified atom stereocenters.